The molecule has 2 rings (SSSR count). The van der Waals surface area contributed by atoms with Gasteiger partial charge in [-0.3, -0.25) is 14.6 Å². The van der Waals surface area contributed by atoms with Crippen molar-refractivity contribution in [1.82, 2.24) is 9.80 Å². The molecule has 92 valence electrons. The average molecular weight is 226 g/mol. The molecule has 0 spiro atoms. The van der Waals surface area contributed by atoms with Crippen molar-refractivity contribution in [1.29, 1.82) is 0 Å². The first-order chi connectivity index (χ1) is 7.66. The highest BCUT2D eigenvalue weighted by Gasteiger charge is 2.29. The van der Waals surface area contributed by atoms with Gasteiger partial charge in [0.25, 0.3) is 0 Å². The number of amides is 1. The Balaban J connectivity index is 1.83. The largest absolute Gasteiger partial charge is 0.368 e. The van der Waals surface area contributed by atoms with E-state index in [9.17, 15) is 4.79 Å². The van der Waals surface area contributed by atoms with Gasteiger partial charge in [-0.15, -0.1) is 0 Å². The number of hydrogen-bond acceptors (Lipinski definition) is 4. The Morgan fingerprint density at radius 3 is 2.88 bits per heavy atom. The molecular formula is C11H22N4O. The number of piperazine rings is 1. The van der Waals surface area contributed by atoms with E-state index in [-0.39, 0.29) is 0 Å². The molecule has 0 aromatic heterocycles. The van der Waals surface area contributed by atoms with Crippen LogP contribution in [0.1, 0.15) is 19.3 Å². The number of primary amides is 1. The fourth-order valence-corrected chi connectivity index (χ4v) is 2.75. The van der Waals surface area contributed by atoms with Gasteiger partial charge in [-0.05, 0) is 19.4 Å². The van der Waals surface area contributed by atoms with Crippen LogP contribution < -0.4 is 11.5 Å². The van der Waals surface area contributed by atoms with E-state index in [0.29, 0.717) is 12.6 Å². The van der Waals surface area contributed by atoms with Gasteiger partial charge in [0.2, 0.25) is 5.91 Å². The second-order valence-corrected chi connectivity index (χ2v) is 4.95. The van der Waals surface area contributed by atoms with Crippen molar-refractivity contribution in [3.63, 3.8) is 0 Å². The van der Waals surface area contributed by atoms with E-state index in [1.54, 1.807) is 0 Å². The molecule has 0 bridgehead atoms. The Morgan fingerprint density at radius 1 is 1.31 bits per heavy atom. The first-order valence-corrected chi connectivity index (χ1v) is 6.18. The molecule has 2 heterocycles. The average Bonchev–Trinajstić information content (AvgIpc) is 2.28. The van der Waals surface area contributed by atoms with Gasteiger partial charge in [0.1, 0.15) is 0 Å². The van der Waals surface area contributed by atoms with Crippen molar-refractivity contribution >= 4 is 5.91 Å². The number of carbonyl (C=O) groups is 1. The van der Waals surface area contributed by atoms with Crippen molar-refractivity contribution in [2.24, 2.45) is 11.5 Å². The van der Waals surface area contributed by atoms with Crippen LogP contribution in [0.15, 0.2) is 0 Å². The second kappa shape index (κ2) is 5.12. The van der Waals surface area contributed by atoms with Crippen LogP contribution in [0.25, 0.3) is 0 Å². The molecule has 0 radical (unpaired) electrons. The number of piperidine rings is 1. The highest BCUT2D eigenvalue weighted by atomic mass is 16.1. The van der Waals surface area contributed by atoms with Crippen LogP contribution in [-0.4, -0.2) is 60.5 Å². The minimum absolute atomic E-state index is 0.397. The van der Waals surface area contributed by atoms with E-state index in [4.69, 9.17) is 11.5 Å². The summed E-state index contributed by atoms with van der Waals surface area (Å²) in [4.78, 5) is 15.8. The van der Waals surface area contributed by atoms with Gasteiger partial charge in [-0.2, -0.15) is 0 Å². The molecule has 2 aliphatic rings. The lowest BCUT2D eigenvalue weighted by molar-refractivity contribution is -0.119. The van der Waals surface area contributed by atoms with Crippen molar-refractivity contribution < 1.29 is 4.79 Å². The van der Waals surface area contributed by atoms with Crippen LogP contribution in [0.2, 0.25) is 0 Å². The van der Waals surface area contributed by atoms with Crippen LogP contribution in [-0.2, 0) is 4.79 Å². The van der Waals surface area contributed by atoms with Crippen molar-refractivity contribution in [3.05, 3.63) is 0 Å². The Kier molecular flexibility index (Phi) is 3.78. The van der Waals surface area contributed by atoms with Gasteiger partial charge in [0.15, 0.2) is 0 Å². The van der Waals surface area contributed by atoms with Gasteiger partial charge in [0, 0.05) is 32.2 Å². The van der Waals surface area contributed by atoms with E-state index in [0.717, 1.165) is 19.6 Å². The summed E-state index contributed by atoms with van der Waals surface area (Å²) in [5, 5.41) is 0. The summed E-state index contributed by atoms with van der Waals surface area (Å²) in [6, 6.07) is 0.151. The highest BCUT2D eigenvalue weighted by Crippen LogP contribution is 2.20. The number of carbonyl (C=O) groups excluding carboxylic acids is 1. The third-order valence-corrected chi connectivity index (χ3v) is 3.74. The van der Waals surface area contributed by atoms with E-state index >= 15 is 0 Å². The third kappa shape index (κ3) is 2.72. The van der Waals surface area contributed by atoms with E-state index in [2.05, 4.69) is 9.80 Å². The lowest BCUT2D eigenvalue weighted by Gasteiger charge is -2.44. The summed E-state index contributed by atoms with van der Waals surface area (Å²) in [5.74, 6) is -0.397. The Bertz CT molecular complexity index is 258. The molecule has 0 aromatic carbocycles. The monoisotopic (exact) mass is 226 g/mol. The molecule has 16 heavy (non-hydrogen) atoms. The number of fused-ring (bicyclic) bond motifs is 1. The highest BCUT2D eigenvalue weighted by molar-refractivity contribution is 5.79. The predicted octanol–water partition coefficient (Wildman–Crippen LogP) is -1.03. The number of hydrogen-bond donors (Lipinski definition) is 2. The van der Waals surface area contributed by atoms with E-state index < -0.39 is 11.9 Å². The Hall–Kier alpha value is -0.650. The molecule has 1 amide bonds. The molecule has 5 heteroatoms. The van der Waals surface area contributed by atoms with Crippen LogP contribution in [0.4, 0.5) is 0 Å². The van der Waals surface area contributed by atoms with Gasteiger partial charge < -0.3 is 11.5 Å². The zero-order chi connectivity index (χ0) is 11.5. The number of rotatable bonds is 3. The normalized spacial score (nSPS) is 29.7. The maximum Gasteiger partial charge on any atom is 0.235 e. The number of nitrogens with zero attached hydrogens (tertiary/aromatic N) is 2. The fourth-order valence-electron chi connectivity index (χ4n) is 2.75. The summed E-state index contributed by atoms with van der Waals surface area (Å²) < 4.78 is 0. The van der Waals surface area contributed by atoms with Crippen LogP contribution in [0.3, 0.4) is 0 Å². The summed E-state index contributed by atoms with van der Waals surface area (Å²) >= 11 is 0. The standard InChI is InChI=1S/C11H22N4O/c12-10(11(13)16)8-14-5-6-15-4-2-1-3-9(15)7-14/h9-10H,1-8,12H2,(H2,13,16). The van der Waals surface area contributed by atoms with Crippen molar-refractivity contribution in [2.75, 3.05) is 32.7 Å². The van der Waals surface area contributed by atoms with Crippen LogP contribution >= 0.6 is 0 Å². The van der Waals surface area contributed by atoms with Gasteiger partial charge in [-0.25, -0.2) is 0 Å². The molecule has 2 aliphatic heterocycles. The lowest BCUT2D eigenvalue weighted by atomic mass is 9.99. The lowest BCUT2D eigenvalue weighted by Crippen LogP contribution is -2.57. The molecule has 2 atom stereocenters. The Labute approximate surface area is 96.7 Å². The summed E-state index contributed by atoms with van der Waals surface area (Å²) in [5.41, 5.74) is 10.9. The van der Waals surface area contributed by atoms with Gasteiger partial charge in [-0.1, -0.05) is 6.42 Å². The van der Waals surface area contributed by atoms with Gasteiger partial charge >= 0.3 is 0 Å². The van der Waals surface area contributed by atoms with E-state index in [1.165, 1.54) is 25.8 Å². The molecule has 0 saturated carbocycles. The third-order valence-electron chi connectivity index (χ3n) is 3.74. The minimum atomic E-state index is -0.518. The zero-order valence-electron chi connectivity index (χ0n) is 9.77. The van der Waals surface area contributed by atoms with Gasteiger partial charge in [0.05, 0.1) is 6.04 Å². The summed E-state index contributed by atoms with van der Waals surface area (Å²) in [6.07, 6.45) is 3.94. The van der Waals surface area contributed by atoms with Crippen LogP contribution in [0.5, 0.6) is 0 Å². The number of nitrogens with two attached hydrogens (primary N) is 2. The second-order valence-electron chi connectivity index (χ2n) is 4.95. The van der Waals surface area contributed by atoms with Crippen molar-refractivity contribution in [3.8, 4) is 0 Å². The first kappa shape index (κ1) is 11.8. The van der Waals surface area contributed by atoms with Crippen LogP contribution in [0, 0.1) is 0 Å². The Morgan fingerprint density at radius 2 is 2.12 bits per heavy atom. The smallest absolute Gasteiger partial charge is 0.235 e. The zero-order valence-corrected chi connectivity index (χ0v) is 9.77. The summed E-state index contributed by atoms with van der Waals surface area (Å²) in [7, 11) is 0. The molecular weight excluding hydrogens is 204 g/mol. The quantitative estimate of drug-likeness (QED) is 0.645. The topological polar surface area (TPSA) is 75.6 Å². The molecule has 5 nitrogen and oxygen atoms in total. The molecule has 2 saturated heterocycles. The molecule has 2 unspecified atom stereocenters. The predicted molar refractivity (Wildman–Crippen MR) is 62.8 cm³/mol. The maximum absolute atomic E-state index is 10.9. The molecule has 2 fully saturated rings. The van der Waals surface area contributed by atoms with Crippen molar-refractivity contribution in [2.45, 2.75) is 31.3 Å². The fraction of sp³-hybridized carbons (Fsp3) is 0.909. The summed E-state index contributed by atoms with van der Waals surface area (Å²) in [6.45, 7) is 5.01. The minimum Gasteiger partial charge on any atom is -0.368 e. The first-order valence-electron chi connectivity index (χ1n) is 6.18. The van der Waals surface area contributed by atoms with E-state index in [1.807, 2.05) is 0 Å². The molecule has 4 N–H and O–H groups in total. The molecule has 0 aromatic rings. The molecule has 0 aliphatic carbocycles. The maximum atomic E-state index is 10.9. The SMILES string of the molecule is NC(=O)C(N)CN1CCN2CCCCC2C1.